The van der Waals surface area contributed by atoms with Crippen LogP contribution in [-0.2, 0) is 32.6 Å². The summed E-state index contributed by atoms with van der Waals surface area (Å²) in [5.74, 6) is 0.193. The zero-order chi connectivity index (χ0) is 44.7. The lowest BCUT2D eigenvalue weighted by Gasteiger charge is -2.31. The average molecular weight is 895 g/mol. The zero-order valence-corrected chi connectivity index (χ0v) is 36.2. The summed E-state index contributed by atoms with van der Waals surface area (Å²) in [7, 11) is 1.73. The predicted molar refractivity (Wildman–Crippen MR) is 232 cm³/mol. The highest BCUT2D eigenvalue weighted by Gasteiger charge is 2.44. The number of anilines is 2. The van der Waals surface area contributed by atoms with Gasteiger partial charge in [0.05, 0.1) is 47.7 Å². The molecule has 11 rings (SSSR count). The van der Waals surface area contributed by atoms with Crippen molar-refractivity contribution in [2.24, 2.45) is 24.8 Å². The quantitative estimate of drug-likeness (QED) is 0.185. The van der Waals surface area contributed by atoms with Crippen LogP contribution in [0.25, 0.3) is 16.7 Å². The second kappa shape index (κ2) is 16.4. The van der Waals surface area contributed by atoms with E-state index >= 15 is 0 Å². The number of fused-ring (bicyclic) bond motifs is 5. The summed E-state index contributed by atoms with van der Waals surface area (Å²) in [6, 6.07) is 6.99. The maximum atomic E-state index is 14.3. The van der Waals surface area contributed by atoms with Crippen molar-refractivity contribution in [1.29, 1.82) is 0 Å². The van der Waals surface area contributed by atoms with Crippen LogP contribution in [0.15, 0.2) is 47.7 Å². The van der Waals surface area contributed by atoms with Crippen LogP contribution >= 0.6 is 0 Å². The SMILES string of the molecule is Cn1c(=O)n(C2CCC(=O)NC2=O)c2cccc(CCCN3CC4CN(C(=O)[C@H]5CC[C@H](n6cc(NC(=O)c7cnn8ccc(N9C[C@H]%10C[C@@H]9CO%10)nc78)c(C(F)F)n6)CC5)CC4C3)c21. The van der Waals surface area contributed by atoms with Gasteiger partial charge in [0.25, 0.3) is 12.3 Å². The van der Waals surface area contributed by atoms with Crippen LogP contribution in [0, 0.1) is 17.8 Å². The van der Waals surface area contributed by atoms with Gasteiger partial charge in [0, 0.05) is 64.5 Å². The second-order valence-corrected chi connectivity index (χ2v) is 18.9. The normalized spacial score (nSPS) is 26.9. The Kier molecular flexibility index (Phi) is 10.5. The van der Waals surface area contributed by atoms with E-state index in [-0.39, 0.29) is 59.3 Å². The number of para-hydroxylation sites is 1. The van der Waals surface area contributed by atoms with E-state index in [0.29, 0.717) is 67.5 Å². The summed E-state index contributed by atoms with van der Waals surface area (Å²) in [5, 5.41) is 13.6. The molecule has 18 nitrogen and oxygen atoms in total. The molecular weight excluding hydrogens is 843 g/mol. The number of halogens is 2. The number of imidazole rings is 1. The van der Waals surface area contributed by atoms with Crippen molar-refractivity contribution >= 4 is 51.8 Å². The Balaban J connectivity index is 0.668. The third-order valence-corrected chi connectivity index (χ3v) is 14.9. The van der Waals surface area contributed by atoms with E-state index in [1.807, 2.05) is 29.2 Å². The van der Waals surface area contributed by atoms with Gasteiger partial charge in [0.1, 0.15) is 17.4 Å². The molecule has 6 fully saturated rings. The van der Waals surface area contributed by atoms with E-state index in [9.17, 15) is 32.8 Å². The molecule has 5 atom stereocenters. The number of aromatic nitrogens is 7. The van der Waals surface area contributed by atoms with Gasteiger partial charge in [0.15, 0.2) is 11.3 Å². The fourth-order valence-corrected chi connectivity index (χ4v) is 11.6. The number of rotatable bonds is 11. The van der Waals surface area contributed by atoms with E-state index in [4.69, 9.17) is 9.72 Å². The van der Waals surface area contributed by atoms with Crippen LogP contribution in [0.5, 0.6) is 0 Å². The molecular formula is C45H52F2N12O6. The van der Waals surface area contributed by atoms with Gasteiger partial charge in [0.2, 0.25) is 17.7 Å². The molecule has 2 N–H and O–H groups in total. The van der Waals surface area contributed by atoms with E-state index < -0.39 is 30.0 Å². The summed E-state index contributed by atoms with van der Waals surface area (Å²) in [5.41, 5.74) is 2.22. The first-order chi connectivity index (χ1) is 31.5. The number of piperidine rings is 1. The van der Waals surface area contributed by atoms with Gasteiger partial charge < -0.3 is 24.8 Å². The molecule has 1 aromatic carbocycles. The van der Waals surface area contributed by atoms with Crippen LogP contribution in [0.1, 0.15) is 91.5 Å². The van der Waals surface area contributed by atoms with Crippen molar-refractivity contribution in [2.45, 2.75) is 88.4 Å². The van der Waals surface area contributed by atoms with Gasteiger partial charge in [-0.3, -0.25) is 38.3 Å². The van der Waals surface area contributed by atoms with Crippen molar-refractivity contribution in [1.82, 2.24) is 48.6 Å². The first-order valence-electron chi connectivity index (χ1n) is 22.9. The Labute approximate surface area is 371 Å². The Morgan fingerprint density at radius 1 is 0.985 bits per heavy atom. The van der Waals surface area contributed by atoms with E-state index in [1.165, 1.54) is 26.2 Å². The van der Waals surface area contributed by atoms with Crippen LogP contribution in [0.2, 0.25) is 0 Å². The monoisotopic (exact) mass is 894 g/mol. The number of amides is 4. The Bertz CT molecular complexity index is 2760. The van der Waals surface area contributed by atoms with Gasteiger partial charge in [-0.05, 0) is 87.4 Å². The highest BCUT2D eigenvalue weighted by molar-refractivity contribution is 6.08. The zero-order valence-electron chi connectivity index (χ0n) is 36.2. The van der Waals surface area contributed by atoms with Crippen molar-refractivity contribution in [3.05, 3.63) is 70.2 Å². The number of benzene rings is 1. The Morgan fingerprint density at radius 2 is 1.78 bits per heavy atom. The van der Waals surface area contributed by atoms with Gasteiger partial charge in [-0.1, -0.05) is 12.1 Å². The molecule has 3 unspecified atom stereocenters. The maximum absolute atomic E-state index is 14.3. The van der Waals surface area contributed by atoms with Crippen molar-refractivity contribution in [3.8, 4) is 0 Å². The summed E-state index contributed by atoms with van der Waals surface area (Å²) in [6.07, 6.45) is 7.41. The molecule has 4 amide bonds. The number of nitrogens with one attached hydrogen (secondary N) is 2. The molecule has 4 aromatic heterocycles. The number of hydrogen-bond donors (Lipinski definition) is 2. The van der Waals surface area contributed by atoms with Gasteiger partial charge in [-0.25, -0.2) is 23.1 Å². The van der Waals surface area contributed by atoms with Gasteiger partial charge >= 0.3 is 5.69 Å². The minimum absolute atomic E-state index is 0.0589. The molecule has 20 heteroatoms. The fourth-order valence-electron chi connectivity index (χ4n) is 11.6. The number of carbonyl (C=O) groups excluding carboxylic acids is 4. The number of alkyl halides is 2. The fraction of sp³-hybridized carbons (Fsp3) is 0.556. The maximum Gasteiger partial charge on any atom is 0.329 e. The molecule has 9 heterocycles. The van der Waals surface area contributed by atoms with Crippen molar-refractivity contribution in [3.63, 3.8) is 0 Å². The molecule has 5 saturated heterocycles. The standard InChI is InChI=1S/C45H52F2N12O6/c1-53-39-25(4-2-6-34(39)59(45(53)64)35-11-12-37(60)51-43(35)62)5-3-14-54-18-27-20-55(21-28(27)19-54)44(63)26-7-9-29(10-8-26)58-23-33(38(52-58)40(46)47)49-42(61)32-17-48-57-15-13-36(50-41(32)57)56-22-31-16-30(56)24-65-31/h2,4,6,13,15,17,23,26-31,35,40H,3,5,7-12,14,16,18-22,24H2,1H3,(H,49,61)(H,51,60,62)/t26-,27?,28?,29-,30-,31-,35?/m1/s1. The topological polar surface area (TPSA) is 186 Å². The Morgan fingerprint density at radius 3 is 2.51 bits per heavy atom. The van der Waals surface area contributed by atoms with Gasteiger partial charge in [-0.2, -0.15) is 10.2 Å². The lowest BCUT2D eigenvalue weighted by molar-refractivity contribution is -0.137. The molecule has 342 valence electrons. The molecule has 0 spiro atoms. The highest BCUT2D eigenvalue weighted by atomic mass is 19.3. The summed E-state index contributed by atoms with van der Waals surface area (Å²) < 4.78 is 40.6. The lowest BCUT2D eigenvalue weighted by Crippen LogP contribution is -2.44. The van der Waals surface area contributed by atoms with E-state index in [0.717, 1.165) is 69.6 Å². The van der Waals surface area contributed by atoms with Crippen LogP contribution in [-0.4, -0.2) is 125 Å². The smallest absolute Gasteiger partial charge is 0.329 e. The third-order valence-electron chi connectivity index (χ3n) is 14.9. The highest BCUT2D eigenvalue weighted by Crippen LogP contribution is 2.39. The number of ether oxygens (including phenoxy) is 1. The van der Waals surface area contributed by atoms with Crippen LogP contribution < -0.4 is 21.2 Å². The Hall–Kier alpha value is -6.02. The second-order valence-electron chi connectivity index (χ2n) is 18.9. The summed E-state index contributed by atoms with van der Waals surface area (Å²) >= 11 is 0. The van der Waals surface area contributed by atoms with E-state index in [2.05, 4.69) is 30.6 Å². The molecule has 6 aliphatic rings. The summed E-state index contributed by atoms with van der Waals surface area (Å²) in [4.78, 5) is 76.6. The lowest BCUT2D eigenvalue weighted by atomic mass is 9.85. The number of imide groups is 1. The third kappa shape index (κ3) is 7.47. The summed E-state index contributed by atoms with van der Waals surface area (Å²) in [6.45, 7) is 5.55. The van der Waals surface area contributed by atoms with Crippen LogP contribution in [0.3, 0.4) is 0 Å². The minimum Gasteiger partial charge on any atom is -0.374 e. The molecule has 1 saturated carbocycles. The van der Waals surface area contributed by atoms with Gasteiger partial charge in [-0.15, -0.1) is 0 Å². The number of nitrogens with zero attached hydrogens (tertiary/aromatic N) is 10. The first-order valence-corrected chi connectivity index (χ1v) is 22.9. The molecule has 2 bridgehead atoms. The number of morpholine rings is 1. The predicted octanol–water partition coefficient (Wildman–Crippen LogP) is 3.48. The molecule has 5 aliphatic heterocycles. The minimum atomic E-state index is -2.91. The first kappa shape index (κ1) is 41.7. The number of carbonyl (C=O) groups is 4. The van der Waals surface area contributed by atoms with Crippen molar-refractivity contribution in [2.75, 3.05) is 56.1 Å². The van der Waals surface area contributed by atoms with E-state index in [1.54, 1.807) is 17.8 Å². The van der Waals surface area contributed by atoms with Crippen LogP contribution in [0.4, 0.5) is 20.3 Å². The number of aryl methyl sites for hydroxylation is 2. The number of likely N-dealkylation sites (tertiary alicyclic amines) is 2. The largest absolute Gasteiger partial charge is 0.374 e. The molecule has 65 heavy (non-hydrogen) atoms. The molecule has 1 aliphatic carbocycles. The van der Waals surface area contributed by atoms with Crippen molar-refractivity contribution < 1.29 is 32.7 Å². The average Bonchev–Trinajstić information content (AvgIpc) is 4.18. The molecule has 5 aromatic rings. The molecule has 0 radical (unpaired) electrons. The number of hydrogen-bond acceptors (Lipinski definition) is 11.